The van der Waals surface area contributed by atoms with Crippen LogP contribution in [0.25, 0.3) is 10.2 Å². The summed E-state index contributed by atoms with van der Waals surface area (Å²) in [5, 5.41) is 0.733. The van der Waals surface area contributed by atoms with E-state index in [0.29, 0.717) is 18.4 Å². The Labute approximate surface area is 163 Å². The number of nitrogens with zero attached hydrogens (tertiary/aromatic N) is 2. The minimum absolute atomic E-state index is 0.0297. The highest BCUT2D eigenvalue weighted by atomic mass is 32.1. The average Bonchev–Trinajstić information content (AvgIpc) is 3.23. The normalized spacial score (nSPS) is 21.8. The van der Waals surface area contributed by atoms with Gasteiger partial charge in [0, 0.05) is 23.9 Å². The summed E-state index contributed by atoms with van der Waals surface area (Å²) in [7, 11) is 0. The van der Waals surface area contributed by atoms with E-state index in [9.17, 15) is 4.79 Å². The van der Waals surface area contributed by atoms with Gasteiger partial charge < -0.3 is 10.7 Å². The summed E-state index contributed by atoms with van der Waals surface area (Å²) in [6.07, 6.45) is 0. The molecule has 0 spiro atoms. The number of H-pyrrole nitrogens is 1. The first kappa shape index (κ1) is 18.3. The van der Waals surface area contributed by atoms with Crippen LogP contribution in [0.5, 0.6) is 0 Å². The van der Waals surface area contributed by atoms with E-state index in [1.54, 1.807) is 11.3 Å². The Morgan fingerprint density at radius 2 is 2.04 bits per heavy atom. The Kier molecular flexibility index (Phi) is 4.88. The van der Waals surface area contributed by atoms with E-state index in [1.165, 1.54) is 5.56 Å². The smallest absolute Gasteiger partial charge is 0.259 e. The van der Waals surface area contributed by atoms with Crippen LogP contribution in [0, 0.1) is 19.8 Å². The summed E-state index contributed by atoms with van der Waals surface area (Å²) in [6.45, 7) is 8.66. The first-order chi connectivity index (χ1) is 13.0. The molecular weight excluding hydrogens is 356 g/mol. The number of hydrogen-bond acceptors (Lipinski definition) is 5. The second-order valence-electron chi connectivity index (χ2n) is 7.56. The van der Waals surface area contributed by atoms with Crippen LogP contribution in [0.3, 0.4) is 0 Å². The van der Waals surface area contributed by atoms with Crippen LogP contribution in [0.1, 0.15) is 40.7 Å². The van der Waals surface area contributed by atoms with Crippen LogP contribution in [-0.2, 0) is 0 Å². The van der Waals surface area contributed by atoms with Gasteiger partial charge >= 0.3 is 0 Å². The largest absolute Gasteiger partial charge is 0.330 e. The van der Waals surface area contributed by atoms with Gasteiger partial charge in [0.2, 0.25) is 0 Å². The zero-order valence-corrected chi connectivity index (χ0v) is 16.8. The van der Waals surface area contributed by atoms with Crippen molar-refractivity contribution < 1.29 is 0 Å². The number of nitrogens with two attached hydrogens (primary N) is 1. The fraction of sp³-hybridized carbons (Fsp3) is 0.429. The van der Waals surface area contributed by atoms with Crippen molar-refractivity contribution in [2.45, 2.75) is 32.7 Å². The molecule has 142 valence electrons. The number of thiophene rings is 1. The van der Waals surface area contributed by atoms with Crippen molar-refractivity contribution in [3.63, 3.8) is 0 Å². The van der Waals surface area contributed by atoms with E-state index < -0.39 is 0 Å². The maximum Gasteiger partial charge on any atom is 0.259 e. The third-order valence-electron chi connectivity index (χ3n) is 6.00. The molecule has 0 radical (unpaired) electrons. The van der Waals surface area contributed by atoms with Crippen molar-refractivity contribution in [1.82, 2.24) is 14.9 Å². The molecule has 5 nitrogen and oxygen atoms in total. The lowest BCUT2D eigenvalue weighted by Gasteiger charge is -2.23. The maximum absolute atomic E-state index is 12.6. The van der Waals surface area contributed by atoms with E-state index in [2.05, 4.69) is 41.1 Å². The van der Waals surface area contributed by atoms with Gasteiger partial charge in [-0.15, -0.1) is 11.3 Å². The minimum Gasteiger partial charge on any atom is -0.330 e. The molecule has 2 aromatic heterocycles. The number of aromatic nitrogens is 2. The first-order valence-electron chi connectivity index (χ1n) is 9.48. The molecule has 0 bridgehead atoms. The molecule has 3 aromatic rings. The maximum atomic E-state index is 12.6. The summed E-state index contributed by atoms with van der Waals surface area (Å²) in [4.78, 5) is 24.9. The third-order valence-corrected chi connectivity index (χ3v) is 7.10. The highest BCUT2D eigenvalue weighted by Gasteiger charge is 2.36. The van der Waals surface area contributed by atoms with E-state index in [4.69, 9.17) is 10.7 Å². The van der Waals surface area contributed by atoms with Crippen LogP contribution >= 0.6 is 11.3 Å². The molecule has 3 N–H and O–H groups in total. The van der Waals surface area contributed by atoms with Gasteiger partial charge in [0.05, 0.1) is 11.4 Å². The molecule has 1 aliphatic rings. The van der Waals surface area contributed by atoms with Gasteiger partial charge in [0.15, 0.2) is 0 Å². The van der Waals surface area contributed by atoms with Crippen LogP contribution in [-0.4, -0.2) is 34.5 Å². The molecule has 1 aliphatic heterocycles. The molecule has 0 amide bonds. The average molecular weight is 383 g/mol. The number of benzene rings is 1. The number of hydrogen-bond donors (Lipinski definition) is 2. The molecule has 0 saturated carbocycles. The minimum atomic E-state index is -0.0297. The molecule has 27 heavy (non-hydrogen) atoms. The lowest BCUT2D eigenvalue weighted by molar-refractivity contribution is 0.243. The zero-order valence-electron chi connectivity index (χ0n) is 16.0. The standard InChI is InChI=1S/C21H26N4OS/c1-12-14(3)27-21-18(12)20(26)23-19(24-21)13(2)25-10-16(9-22)17(11-25)15-7-5-4-6-8-15/h4-8,13,16-17H,9-11,22H2,1-3H3,(H,23,24,26)/t13?,16-,17+/m1/s1. The summed E-state index contributed by atoms with van der Waals surface area (Å²) in [5.41, 5.74) is 8.43. The number of likely N-dealkylation sites (tertiary alicyclic amines) is 1. The van der Waals surface area contributed by atoms with Gasteiger partial charge in [0.1, 0.15) is 10.7 Å². The Bertz CT molecular complexity index is 1010. The Morgan fingerprint density at radius 3 is 2.74 bits per heavy atom. The molecule has 1 fully saturated rings. The fourth-order valence-corrected chi connectivity index (χ4v) is 5.22. The van der Waals surface area contributed by atoms with Crippen molar-refractivity contribution >= 4 is 21.6 Å². The van der Waals surface area contributed by atoms with Crippen molar-refractivity contribution in [2.75, 3.05) is 19.6 Å². The molecule has 1 aromatic carbocycles. The van der Waals surface area contributed by atoms with Gasteiger partial charge in [-0.1, -0.05) is 30.3 Å². The van der Waals surface area contributed by atoms with Crippen molar-refractivity contribution in [3.05, 3.63) is 62.5 Å². The molecular formula is C21H26N4OS. The first-order valence-corrected chi connectivity index (χ1v) is 10.3. The van der Waals surface area contributed by atoms with E-state index in [-0.39, 0.29) is 11.6 Å². The highest BCUT2D eigenvalue weighted by molar-refractivity contribution is 7.18. The topological polar surface area (TPSA) is 75.0 Å². The molecule has 1 unspecified atom stereocenters. The number of aryl methyl sites for hydroxylation is 2. The molecule has 0 aliphatic carbocycles. The second kappa shape index (κ2) is 7.19. The number of fused-ring (bicyclic) bond motifs is 1. The Morgan fingerprint density at radius 1 is 1.30 bits per heavy atom. The summed E-state index contributed by atoms with van der Waals surface area (Å²) >= 11 is 1.60. The molecule has 3 atom stereocenters. The summed E-state index contributed by atoms with van der Waals surface area (Å²) in [5.74, 6) is 1.58. The number of aromatic amines is 1. The fourth-order valence-electron chi connectivity index (χ4n) is 4.18. The van der Waals surface area contributed by atoms with Crippen LogP contribution in [0.4, 0.5) is 0 Å². The predicted octanol–water partition coefficient (Wildman–Crippen LogP) is 3.34. The lowest BCUT2D eigenvalue weighted by atomic mass is 9.89. The van der Waals surface area contributed by atoms with Crippen LogP contribution in [0.15, 0.2) is 35.1 Å². The highest BCUT2D eigenvalue weighted by Crippen LogP contribution is 2.36. The predicted molar refractivity (Wildman–Crippen MR) is 111 cm³/mol. The molecule has 6 heteroatoms. The van der Waals surface area contributed by atoms with Gasteiger partial charge in [-0.2, -0.15) is 0 Å². The summed E-state index contributed by atoms with van der Waals surface area (Å²) in [6, 6.07) is 10.6. The van der Waals surface area contributed by atoms with E-state index >= 15 is 0 Å². The molecule has 3 heterocycles. The Hall–Kier alpha value is -2.02. The third kappa shape index (κ3) is 3.22. The van der Waals surface area contributed by atoms with Gasteiger partial charge in [0.25, 0.3) is 5.56 Å². The lowest BCUT2D eigenvalue weighted by Crippen LogP contribution is -2.28. The second-order valence-corrected chi connectivity index (χ2v) is 8.76. The van der Waals surface area contributed by atoms with Gasteiger partial charge in [-0.25, -0.2) is 4.98 Å². The van der Waals surface area contributed by atoms with Crippen molar-refractivity contribution in [2.24, 2.45) is 11.7 Å². The van der Waals surface area contributed by atoms with Crippen LogP contribution < -0.4 is 11.3 Å². The van der Waals surface area contributed by atoms with Crippen molar-refractivity contribution in [1.29, 1.82) is 0 Å². The molecule has 1 saturated heterocycles. The number of rotatable bonds is 4. The van der Waals surface area contributed by atoms with Gasteiger partial charge in [-0.3, -0.25) is 9.69 Å². The monoisotopic (exact) mass is 382 g/mol. The molecule has 4 rings (SSSR count). The quantitative estimate of drug-likeness (QED) is 0.726. The summed E-state index contributed by atoms with van der Waals surface area (Å²) < 4.78 is 0. The number of nitrogens with one attached hydrogen (secondary N) is 1. The van der Waals surface area contributed by atoms with E-state index in [1.807, 2.05) is 19.9 Å². The SMILES string of the molecule is Cc1sc2nc(C(C)N3C[C@@H](CN)[C@H](c4ccccc4)C3)[nH]c(=O)c2c1C. The van der Waals surface area contributed by atoms with Crippen molar-refractivity contribution in [3.8, 4) is 0 Å². The van der Waals surface area contributed by atoms with Gasteiger partial charge in [-0.05, 0) is 44.4 Å². The van der Waals surface area contributed by atoms with E-state index in [0.717, 1.165) is 39.6 Å². The van der Waals surface area contributed by atoms with Crippen LogP contribution in [0.2, 0.25) is 0 Å². The Balaban J connectivity index is 1.64. The zero-order chi connectivity index (χ0) is 19.1.